The van der Waals surface area contributed by atoms with E-state index in [9.17, 15) is 14.0 Å². The summed E-state index contributed by atoms with van der Waals surface area (Å²) in [6, 6.07) is 15.5. The highest BCUT2D eigenvalue weighted by Crippen LogP contribution is 2.22. The van der Waals surface area contributed by atoms with Crippen LogP contribution in [0, 0.1) is 5.82 Å². The van der Waals surface area contributed by atoms with E-state index in [0.29, 0.717) is 15.4 Å². The van der Waals surface area contributed by atoms with E-state index in [-0.39, 0.29) is 29.6 Å². The second kappa shape index (κ2) is 9.45. The predicted octanol–water partition coefficient (Wildman–Crippen LogP) is 4.94. The zero-order chi connectivity index (χ0) is 21.8. The van der Waals surface area contributed by atoms with Crippen molar-refractivity contribution < 1.29 is 9.18 Å². The van der Waals surface area contributed by atoms with Crippen molar-refractivity contribution in [3.8, 4) is 0 Å². The van der Waals surface area contributed by atoms with E-state index in [1.165, 1.54) is 35.2 Å². The van der Waals surface area contributed by atoms with E-state index in [4.69, 9.17) is 0 Å². The van der Waals surface area contributed by atoms with Crippen LogP contribution < -0.4 is 10.9 Å². The Morgan fingerprint density at radius 3 is 2.74 bits per heavy atom. The van der Waals surface area contributed by atoms with Gasteiger partial charge in [0, 0.05) is 5.69 Å². The molecular formula is C23H20FN3O2S2. The summed E-state index contributed by atoms with van der Waals surface area (Å²) in [7, 11) is 0. The van der Waals surface area contributed by atoms with E-state index in [0.717, 1.165) is 23.2 Å². The molecule has 0 fully saturated rings. The molecule has 0 radical (unpaired) electrons. The van der Waals surface area contributed by atoms with Gasteiger partial charge in [-0.1, -0.05) is 43.0 Å². The summed E-state index contributed by atoms with van der Waals surface area (Å²) in [6.07, 6.45) is 0.888. The molecule has 2 aromatic heterocycles. The lowest BCUT2D eigenvalue weighted by Gasteiger charge is -2.12. The third-order valence-corrected chi connectivity index (χ3v) is 6.60. The second-order valence-corrected chi connectivity index (χ2v) is 8.80. The van der Waals surface area contributed by atoms with Crippen molar-refractivity contribution in [3.05, 3.63) is 87.3 Å². The van der Waals surface area contributed by atoms with Gasteiger partial charge in [-0.2, -0.15) is 0 Å². The molecule has 0 aliphatic heterocycles. The van der Waals surface area contributed by atoms with Gasteiger partial charge in [0.25, 0.3) is 5.56 Å². The van der Waals surface area contributed by atoms with Crippen LogP contribution in [0.5, 0.6) is 0 Å². The van der Waals surface area contributed by atoms with Gasteiger partial charge in [-0.05, 0) is 53.3 Å². The van der Waals surface area contributed by atoms with Crippen LogP contribution in [-0.4, -0.2) is 21.2 Å². The van der Waals surface area contributed by atoms with Crippen LogP contribution >= 0.6 is 23.1 Å². The maximum absolute atomic E-state index is 13.3. The van der Waals surface area contributed by atoms with E-state index in [1.807, 2.05) is 29.6 Å². The first-order valence-electron chi connectivity index (χ1n) is 9.77. The number of benzene rings is 2. The number of halogens is 1. The fourth-order valence-electron chi connectivity index (χ4n) is 3.14. The van der Waals surface area contributed by atoms with Crippen LogP contribution in [0.2, 0.25) is 0 Å². The fourth-order valence-corrected chi connectivity index (χ4v) is 4.72. The second-order valence-electron chi connectivity index (χ2n) is 6.94. The number of aromatic nitrogens is 2. The maximum Gasteiger partial charge on any atom is 0.272 e. The number of rotatable bonds is 7. The smallest absolute Gasteiger partial charge is 0.272 e. The molecule has 2 heterocycles. The van der Waals surface area contributed by atoms with Crippen molar-refractivity contribution in [1.29, 1.82) is 0 Å². The standard InChI is InChI=1S/C23H20FN3O2S2/c1-2-15-4-3-5-18(12-15)25-20(28)14-31-23-26-19-10-11-30-21(19)22(29)27(23)13-16-6-8-17(24)9-7-16/h3-12H,2,13-14H2,1H3,(H,25,28). The minimum Gasteiger partial charge on any atom is -0.325 e. The van der Waals surface area contributed by atoms with Crippen LogP contribution in [0.4, 0.5) is 10.1 Å². The lowest BCUT2D eigenvalue weighted by molar-refractivity contribution is -0.113. The van der Waals surface area contributed by atoms with E-state index in [2.05, 4.69) is 17.2 Å². The predicted molar refractivity (Wildman–Crippen MR) is 125 cm³/mol. The summed E-state index contributed by atoms with van der Waals surface area (Å²) < 4.78 is 15.4. The molecule has 0 aliphatic carbocycles. The average Bonchev–Trinajstić information content (AvgIpc) is 3.25. The number of nitrogens with one attached hydrogen (secondary N) is 1. The van der Waals surface area contributed by atoms with Crippen LogP contribution in [0.3, 0.4) is 0 Å². The molecule has 0 bridgehead atoms. The molecule has 158 valence electrons. The van der Waals surface area contributed by atoms with Gasteiger partial charge in [0.15, 0.2) is 5.16 Å². The highest BCUT2D eigenvalue weighted by Gasteiger charge is 2.15. The SMILES string of the molecule is CCc1cccc(NC(=O)CSc2nc3ccsc3c(=O)n2Cc2ccc(F)cc2)c1. The lowest BCUT2D eigenvalue weighted by atomic mass is 10.1. The lowest BCUT2D eigenvalue weighted by Crippen LogP contribution is -2.24. The Labute approximate surface area is 187 Å². The number of carbonyl (C=O) groups is 1. The largest absolute Gasteiger partial charge is 0.325 e. The van der Waals surface area contributed by atoms with E-state index >= 15 is 0 Å². The van der Waals surface area contributed by atoms with Crippen LogP contribution in [0.25, 0.3) is 10.2 Å². The Hall–Kier alpha value is -2.97. The number of fused-ring (bicyclic) bond motifs is 1. The van der Waals surface area contributed by atoms with Gasteiger partial charge in [-0.3, -0.25) is 14.2 Å². The van der Waals surface area contributed by atoms with Crippen LogP contribution in [0.15, 0.2) is 69.9 Å². The fraction of sp³-hybridized carbons (Fsp3) is 0.174. The molecule has 1 amide bonds. The molecule has 0 unspecified atom stereocenters. The Morgan fingerprint density at radius 1 is 1.16 bits per heavy atom. The third kappa shape index (κ3) is 5.03. The maximum atomic E-state index is 13.3. The number of hydrogen-bond acceptors (Lipinski definition) is 5. The van der Waals surface area contributed by atoms with Crippen LogP contribution in [-0.2, 0) is 17.8 Å². The molecule has 0 atom stereocenters. The molecule has 31 heavy (non-hydrogen) atoms. The van der Waals surface area contributed by atoms with Crippen molar-refractivity contribution in [2.45, 2.75) is 25.0 Å². The molecule has 0 saturated carbocycles. The molecule has 0 saturated heterocycles. The molecule has 5 nitrogen and oxygen atoms in total. The molecule has 0 spiro atoms. The van der Waals surface area contributed by atoms with Crippen molar-refractivity contribution in [3.63, 3.8) is 0 Å². The van der Waals surface area contributed by atoms with Crippen LogP contribution in [0.1, 0.15) is 18.1 Å². The number of nitrogens with zero attached hydrogens (tertiary/aromatic N) is 2. The molecule has 8 heteroatoms. The molecule has 4 rings (SSSR count). The van der Waals surface area contributed by atoms with Gasteiger partial charge in [0.1, 0.15) is 10.5 Å². The summed E-state index contributed by atoms with van der Waals surface area (Å²) >= 11 is 2.54. The molecule has 4 aromatic rings. The molecule has 2 aromatic carbocycles. The first-order valence-corrected chi connectivity index (χ1v) is 11.6. The van der Waals surface area contributed by atoms with Gasteiger partial charge in [-0.25, -0.2) is 9.37 Å². The highest BCUT2D eigenvalue weighted by atomic mass is 32.2. The van der Waals surface area contributed by atoms with Gasteiger partial charge in [-0.15, -0.1) is 11.3 Å². The van der Waals surface area contributed by atoms with Crippen molar-refractivity contribution >= 4 is 44.9 Å². The first-order chi connectivity index (χ1) is 15.0. The minimum absolute atomic E-state index is 0.113. The number of thioether (sulfide) groups is 1. The van der Waals surface area contributed by atoms with Crippen molar-refractivity contribution in [2.75, 3.05) is 11.1 Å². The summed E-state index contributed by atoms with van der Waals surface area (Å²) in [5.41, 5.74) is 3.12. The quantitative estimate of drug-likeness (QED) is 0.318. The Morgan fingerprint density at radius 2 is 1.97 bits per heavy atom. The van der Waals surface area contributed by atoms with Crippen molar-refractivity contribution in [2.24, 2.45) is 0 Å². The topological polar surface area (TPSA) is 64.0 Å². The Bertz CT molecular complexity index is 1280. The zero-order valence-corrected chi connectivity index (χ0v) is 18.4. The van der Waals surface area contributed by atoms with Gasteiger partial charge in [0.2, 0.25) is 5.91 Å². The first kappa shape index (κ1) is 21.3. The number of anilines is 1. The van der Waals surface area contributed by atoms with Gasteiger partial charge < -0.3 is 5.32 Å². The number of carbonyl (C=O) groups excluding carboxylic acids is 1. The molecule has 1 N–H and O–H groups in total. The Balaban J connectivity index is 1.56. The zero-order valence-electron chi connectivity index (χ0n) is 16.8. The van der Waals surface area contributed by atoms with Gasteiger partial charge >= 0.3 is 0 Å². The summed E-state index contributed by atoms with van der Waals surface area (Å²) in [5.74, 6) is -0.394. The number of aryl methyl sites for hydroxylation is 1. The van der Waals surface area contributed by atoms with Crippen molar-refractivity contribution in [1.82, 2.24) is 9.55 Å². The number of hydrogen-bond donors (Lipinski definition) is 1. The van der Waals surface area contributed by atoms with E-state index < -0.39 is 0 Å². The Kier molecular flexibility index (Phi) is 6.48. The normalized spacial score (nSPS) is 11.0. The summed E-state index contributed by atoms with van der Waals surface area (Å²) in [5, 5.41) is 5.17. The molecule has 0 aliphatic rings. The molecular weight excluding hydrogens is 433 g/mol. The minimum atomic E-state index is -0.332. The number of thiophene rings is 1. The average molecular weight is 454 g/mol. The summed E-state index contributed by atoms with van der Waals surface area (Å²) in [6.45, 7) is 2.31. The summed E-state index contributed by atoms with van der Waals surface area (Å²) in [4.78, 5) is 30.1. The highest BCUT2D eigenvalue weighted by molar-refractivity contribution is 7.99. The number of amides is 1. The van der Waals surface area contributed by atoms with Gasteiger partial charge in [0.05, 0.1) is 17.8 Å². The van der Waals surface area contributed by atoms with E-state index in [1.54, 1.807) is 22.8 Å². The monoisotopic (exact) mass is 453 g/mol. The third-order valence-electron chi connectivity index (χ3n) is 4.74.